The summed E-state index contributed by atoms with van der Waals surface area (Å²) in [7, 11) is 0. The summed E-state index contributed by atoms with van der Waals surface area (Å²) in [6, 6.07) is 35.2. The van der Waals surface area contributed by atoms with Crippen LogP contribution in [0.2, 0.25) is 0 Å². The van der Waals surface area contributed by atoms with Crippen molar-refractivity contribution in [3.8, 4) is 5.75 Å². The van der Waals surface area contributed by atoms with Gasteiger partial charge in [-0.05, 0) is 53.3 Å². The third-order valence-corrected chi connectivity index (χ3v) is 7.33. The smallest absolute Gasteiger partial charge is 0.237 e. The van der Waals surface area contributed by atoms with Crippen LogP contribution >= 0.6 is 0 Å². The maximum Gasteiger partial charge on any atom is 0.237 e. The minimum atomic E-state index is -0.251. The maximum absolute atomic E-state index is 14.0. The van der Waals surface area contributed by atoms with Gasteiger partial charge in [0.1, 0.15) is 18.2 Å². The van der Waals surface area contributed by atoms with E-state index in [1.165, 1.54) is 11.6 Å². The number of likely N-dealkylation sites (tertiary alicyclic amines) is 1. The summed E-state index contributed by atoms with van der Waals surface area (Å²) in [6.45, 7) is 3.09. The van der Waals surface area contributed by atoms with E-state index in [9.17, 15) is 9.18 Å². The van der Waals surface area contributed by atoms with E-state index in [0.29, 0.717) is 44.6 Å². The van der Waals surface area contributed by atoms with Crippen LogP contribution in [-0.2, 0) is 30.9 Å². The Bertz CT molecular complexity index is 1370. The Labute approximate surface area is 236 Å². The van der Waals surface area contributed by atoms with Crippen LogP contribution in [0.3, 0.4) is 0 Å². The van der Waals surface area contributed by atoms with Gasteiger partial charge in [-0.1, -0.05) is 91.0 Å². The molecule has 5 nitrogen and oxygen atoms in total. The lowest BCUT2D eigenvalue weighted by Gasteiger charge is -2.23. The number of carbonyl (C=O) groups is 1. The van der Waals surface area contributed by atoms with E-state index in [-0.39, 0.29) is 23.8 Å². The molecule has 0 aliphatic carbocycles. The normalized spacial score (nSPS) is 17.0. The molecule has 2 N–H and O–H groups in total. The molecule has 0 saturated carbocycles. The number of rotatable bonds is 12. The number of nitrogens with one attached hydrogen (secondary N) is 2. The van der Waals surface area contributed by atoms with E-state index in [4.69, 9.17) is 4.74 Å². The highest BCUT2D eigenvalue weighted by atomic mass is 19.1. The number of amides is 1. The summed E-state index contributed by atoms with van der Waals surface area (Å²) in [6.07, 6.45) is 1.18. The van der Waals surface area contributed by atoms with E-state index in [1.807, 2.05) is 54.6 Å². The molecule has 1 saturated heterocycles. The Morgan fingerprint density at radius 1 is 0.850 bits per heavy atom. The highest BCUT2D eigenvalue weighted by molar-refractivity contribution is 5.82. The fraction of sp³-hybridized carbons (Fsp3) is 0.265. The number of halogens is 1. The summed E-state index contributed by atoms with van der Waals surface area (Å²) < 4.78 is 20.0. The molecule has 4 aromatic carbocycles. The van der Waals surface area contributed by atoms with Crippen molar-refractivity contribution < 1.29 is 13.9 Å². The third-order valence-electron chi connectivity index (χ3n) is 7.33. The van der Waals surface area contributed by atoms with E-state index >= 15 is 0 Å². The minimum Gasteiger partial charge on any atom is -0.489 e. The van der Waals surface area contributed by atoms with Crippen LogP contribution in [0.15, 0.2) is 109 Å². The topological polar surface area (TPSA) is 53.6 Å². The van der Waals surface area contributed by atoms with Gasteiger partial charge in [-0.25, -0.2) is 4.39 Å². The summed E-state index contributed by atoms with van der Waals surface area (Å²) in [5.41, 5.74) is 4.06. The first kappa shape index (κ1) is 27.6. The first-order valence-corrected chi connectivity index (χ1v) is 13.9. The van der Waals surface area contributed by atoms with Crippen molar-refractivity contribution in [2.75, 3.05) is 13.1 Å². The van der Waals surface area contributed by atoms with Crippen LogP contribution in [-0.4, -0.2) is 36.0 Å². The van der Waals surface area contributed by atoms with Crippen molar-refractivity contribution in [2.24, 2.45) is 0 Å². The average Bonchev–Trinajstić information content (AvgIpc) is 3.40. The van der Waals surface area contributed by atoms with E-state index in [0.717, 1.165) is 23.4 Å². The Kier molecular flexibility index (Phi) is 9.56. The van der Waals surface area contributed by atoms with Crippen molar-refractivity contribution in [1.29, 1.82) is 0 Å². The van der Waals surface area contributed by atoms with Gasteiger partial charge in [0.05, 0.1) is 6.04 Å². The molecule has 4 aromatic rings. The number of ether oxygens (including phenoxy) is 1. The van der Waals surface area contributed by atoms with Gasteiger partial charge in [-0.15, -0.1) is 0 Å². The largest absolute Gasteiger partial charge is 0.489 e. The number of hydrogen-bond acceptors (Lipinski definition) is 4. The zero-order valence-electron chi connectivity index (χ0n) is 22.6. The predicted molar refractivity (Wildman–Crippen MR) is 156 cm³/mol. The lowest BCUT2D eigenvalue weighted by molar-refractivity contribution is -0.125. The van der Waals surface area contributed by atoms with Gasteiger partial charge in [0.2, 0.25) is 5.91 Å². The molecule has 6 heteroatoms. The lowest BCUT2D eigenvalue weighted by Crippen LogP contribution is -2.43. The second-order valence-corrected chi connectivity index (χ2v) is 10.3. The van der Waals surface area contributed by atoms with Crippen molar-refractivity contribution >= 4 is 5.91 Å². The number of nitrogens with zero attached hydrogens (tertiary/aromatic N) is 1. The molecule has 1 aliphatic rings. The van der Waals surface area contributed by atoms with Gasteiger partial charge in [-0.2, -0.15) is 0 Å². The van der Waals surface area contributed by atoms with Gasteiger partial charge in [0, 0.05) is 32.2 Å². The first-order valence-electron chi connectivity index (χ1n) is 13.9. The molecular weight excluding hydrogens is 501 g/mol. The first-order chi connectivity index (χ1) is 19.6. The predicted octanol–water partition coefficient (Wildman–Crippen LogP) is 5.50. The summed E-state index contributed by atoms with van der Waals surface area (Å²) in [5.74, 6) is 0.599. The SMILES string of the molecule is O=C(NCCc1ccccc1F)[C@@H]1C[C@H](NCc2cccc(OCc3ccccc3)c2)CN1Cc1ccccc1. The fourth-order valence-electron chi connectivity index (χ4n) is 5.20. The maximum atomic E-state index is 14.0. The molecule has 1 fully saturated rings. The molecule has 0 spiro atoms. The van der Waals surface area contributed by atoms with Gasteiger partial charge in [0.25, 0.3) is 0 Å². The zero-order chi connectivity index (χ0) is 27.6. The minimum absolute atomic E-state index is 0.00659. The summed E-state index contributed by atoms with van der Waals surface area (Å²) in [4.78, 5) is 15.5. The Balaban J connectivity index is 1.17. The van der Waals surface area contributed by atoms with E-state index in [2.05, 4.69) is 51.9 Å². The summed E-state index contributed by atoms with van der Waals surface area (Å²) >= 11 is 0. The van der Waals surface area contributed by atoms with Crippen LogP contribution in [0.25, 0.3) is 0 Å². The Morgan fingerprint density at radius 2 is 1.55 bits per heavy atom. The zero-order valence-corrected chi connectivity index (χ0v) is 22.6. The standard InChI is InChI=1S/C34H36FN3O2/c35-32-17-8-7-15-29(32)18-19-36-34(39)33-21-30(24-38(33)23-26-10-3-1-4-11-26)37-22-28-14-9-16-31(20-28)40-25-27-12-5-2-6-13-27/h1-17,20,30,33,37H,18-19,21-25H2,(H,36,39)/t30-,33-/m0/s1. The van der Waals surface area contributed by atoms with E-state index in [1.54, 1.807) is 12.1 Å². The van der Waals surface area contributed by atoms with E-state index < -0.39 is 0 Å². The van der Waals surface area contributed by atoms with Crippen molar-refractivity contribution in [2.45, 2.75) is 44.6 Å². The monoisotopic (exact) mass is 537 g/mol. The molecule has 0 unspecified atom stereocenters. The molecule has 0 aromatic heterocycles. The molecule has 1 heterocycles. The lowest BCUT2D eigenvalue weighted by atomic mass is 10.1. The average molecular weight is 538 g/mol. The van der Waals surface area contributed by atoms with Crippen LogP contribution < -0.4 is 15.4 Å². The van der Waals surface area contributed by atoms with Gasteiger partial charge in [-0.3, -0.25) is 9.69 Å². The molecule has 0 bridgehead atoms. The van der Waals surface area contributed by atoms with Crippen molar-refractivity contribution in [3.05, 3.63) is 137 Å². The number of hydrogen-bond donors (Lipinski definition) is 2. The Morgan fingerprint density at radius 3 is 2.33 bits per heavy atom. The van der Waals surface area contributed by atoms with Crippen molar-refractivity contribution in [1.82, 2.24) is 15.5 Å². The van der Waals surface area contributed by atoms with Gasteiger partial charge in [0.15, 0.2) is 0 Å². The highest BCUT2D eigenvalue weighted by Crippen LogP contribution is 2.22. The Hall–Kier alpha value is -4.00. The number of carbonyl (C=O) groups excluding carboxylic acids is 1. The molecule has 40 heavy (non-hydrogen) atoms. The highest BCUT2D eigenvalue weighted by Gasteiger charge is 2.36. The van der Waals surface area contributed by atoms with Gasteiger partial charge >= 0.3 is 0 Å². The second kappa shape index (κ2) is 13.9. The third kappa shape index (κ3) is 7.78. The molecular formula is C34H36FN3O2. The molecule has 2 atom stereocenters. The van der Waals surface area contributed by atoms with Crippen LogP contribution in [0.1, 0.15) is 28.7 Å². The van der Waals surface area contributed by atoms with Crippen LogP contribution in [0.4, 0.5) is 4.39 Å². The quantitative estimate of drug-likeness (QED) is 0.251. The van der Waals surface area contributed by atoms with Crippen molar-refractivity contribution in [3.63, 3.8) is 0 Å². The second-order valence-electron chi connectivity index (χ2n) is 10.3. The summed E-state index contributed by atoms with van der Waals surface area (Å²) in [5, 5.41) is 6.72. The molecule has 1 aliphatic heterocycles. The fourth-order valence-corrected chi connectivity index (χ4v) is 5.20. The molecule has 0 radical (unpaired) electrons. The molecule has 206 valence electrons. The molecule has 5 rings (SSSR count). The van der Waals surface area contributed by atoms with Gasteiger partial charge < -0.3 is 15.4 Å². The van der Waals surface area contributed by atoms with Crippen LogP contribution in [0.5, 0.6) is 5.75 Å². The number of benzene rings is 4. The molecule has 1 amide bonds. The van der Waals surface area contributed by atoms with Crippen LogP contribution in [0, 0.1) is 5.82 Å².